The van der Waals surface area contributed by atoms with Gasteiger partial charge in [-0.3, -0.25) is 4.40 Å². The van der Waals surface area contributed by atoms with Crippen molar-refractivity contribution in [1.82, 2.24) is 14.4 Å². The summed E-state index contributed by atoms with van der Waals surface area (Å²) in [4.78, 5) is 9.29. The van der Waals surface area contributed by atoms with Crippen molar-refractivity contribution in [3.8, 4) is 11.4 Å². The molecular formula is C17H14N4. The highest BCUT2D eigenvalue weighted by Gasteiger charge is 2.12. The Labute approximate surface area is 121 Å². The Morgan fingerprint density at radius 3 is 2.76 bits per heavy atom. The molecule has 3 heterocycles. The number of nitrogen functional groups attached to an aromatic ring is 1. The third-order valence-electron chi connectivity index (χ3n) is 3.66. The maximum atomic E-state index is 6.23. The molecular weight excluding hydrogens is 260 g/mol. The molecule has 0 fully saturated rings. The lowest BCUT2D eigenvalue weighted by Crippen LogP contribution is -1.95. The van der Waals surface area contributed by atoms with Gasteiger partial charge in [0, 0.05) is 11.6 Å². The normalized spacial score (nSPS) is 11.3. The Morgan fingerprint density at radius 1 is 1.00 bits per heavy atom. The molecule has 3 aromatic heterocycles. The smallest absolute Gasteiger partial charge is 0.139 e. The molecule has 0 bridgehead atoms. The molecule has 0 atom stereocenters. The summed E-state index contributed by atoms with van der Waals surface area (Å²) in [5, 5.41) is 1.11. The number of hydrogen-bond acceptors (Lipinski definition) is 3. The van der Waals surface area contributed by atoms with Crippen LogP contribution in [0.25, 0.3) is 27.9 Å². The average Bonchev–Trinajstić information content (AvgIpc) is 2.83. The number of para-hydroxylation sites is 1. The lowest BCUT2D eigenvalue weighted by atomic mass is 10.2. The average molecular weight is 274 g/mol. The number of aromatic nitrogens is 3. The Kier molecular flexibility index (Phi) is 2.44. The predicted molar refractivity (Wildman–Crippen MR) is 85.1 cm³/mol. The van der Waals surface area contributed by atoms with E-state index in [1.54, 1.807) is 0 Å². The topological polar surface area (TPSA) is 56.2 Å². The van der Waals surface area contributed by atoms with Crippen molar-refractivity contribution < 1.29 is 0 Å². The van der Waals surface area contributed by atoms with Crippen LogP contribution in [0.5, 0.6) is 0 Å². The van der Waals surface area contributed by atoms with Crippen molar-refractivity contribution in [1.29, 1.82) is 0 Å². The molecule has 0 aliphatic carbocycles. The lowest BCUT2D eigenvalue weighted by Gasteiger charge is -2.01. The first-order valence-electron chi connectivity index (χ1n) is 6.83. The van der Waals surface area contributed by atoms with E-state index in [4.69, 9.17) is 5.73 Å². The van der Waals surface area contributed by atoms with Crippen molar-refractivity contribution in [3.63, 3.8) is 0 Å². The predicted octanol–water partition coefficient (Wildman–Crippen LogP) is 3.44. The summed E-state index contributed by atoms with van der Waals surface area (Å²) in [6.45, 7) is 2.04. The highest BCUT2D eigenvalue weighted by Crippen LogP contribution is 2.26. The zero-order valence-electron chi connectivity index (χ0n) is 11.6. The fraction of sp³-hybridized carbons (Fsp3) is 0.0588. The summed E-state index contributed by atoms with van der Waals surface area (Å²) in [7, 11) is 0. The van der Waals surface area contributed by atoms with Crippen molar-refractivity contribution in [2.24, 2.45) is 0 Å². The molecule has 0 unspecified atom stereocenters. The van der Waals surface area contributed by atoms with Gasteiger partial charge in [-0.1, -0.05) is 24.3 Å². The summed E-state index contributed by atoms with van der Waals surface area (Å²) in [6.07, 6.45) is 1.94. The van der Waals surface area contributed by atoms with Crippen LogP contribution >= 0.6 is 0 Å². The molecule has 4 nitrogen and oxygen atoms in total. The second-order valence-electron chi connectivity index (χ2n) is 5.17. The van der Waals surface area contributed by atoms with Crippen LogP contribution in [0.4, 0.5) is 5.82 Å². The molecule has 0 aliphatic heterocycles. The zero-order valence-corrected chi connectivity index (χ0v) is 11.6. The van der Waals surface area contributed by atoms with E-state index >= 15 is 0 Å². The molecule has 4 heteroatoms. The Balaban J connectivity index is 1.97. The molecule has 0 amide bonds. The molecule has 102 valence electrons. The number of rotatable bonds is 1. The van der Waals surface area contributed by atoms with E-state index in [0.29, 0.717) is 5.82 Å². The molecule has 2 N–H and O–H groups in total. The standard InChI is InChI=1S/C17H14N4/c1-11-8-9-21-15(10-11)20-16(17(21)18)14-7-6-12-4-2-3-5-13(12)19-14/h2-10H,18H2,1H3. The maximum absolute atomic E-state index is 6.23. The number of imidazole rings is 1. The minimum atomic E-state index is 0.618. The molecule has 21 heavy (non-hydrogen) atoms. The third kappa shape index (κ3) is 1.84. The SMILES string of the molecule is Cc1ccn2c(N)c(-c3ccc4ccccc4n3)nc2c1. The number of nitrogens with two attached hydrogens (primary N) is 1. The number of aryl methyl sites for hydroxylation is 1. The summed E-state index contributed by atoms with van der Waals surface area (Å²) in [5.74, 6) is 0.618. The van der Waals surface area contributed by atoms with Crippen LogP contribution in [0.2, 0.25) is 0 Å². The Bertz CT molecular complexity index is 969. The van der Waals surface area contributed by atoms with Crippen LogP contribution in [0.15, 0.2) is 54.7 Å². The molecule has 0 spiro atoms. The van der Waals surface area contributed by atoms with Gasteiger partial charge >= 0.3 is 0 Å². The number of benzene rings is 1. The molecule has 1 aromatic carbocycles. The van der Waals surface area contributed by atoms with Gasteiger partial charge in [-0.2, -0.15) is 0 Å². The molecule has 0 saturated heterocycles. The highest BCUT2D eigenvalue weighted by molar-refractivity contribution is 5.83. The number of fused-ring (bicyclic) bond motifs is 2. The highest BCUT2D eigenvalue weighted by atomic mass is 15.1. The van der Waals surface area contributed by atoms with Crippen LogP contribution in [0, 0.1) is 6.92 Å². The third-order valence-corrected chi connectivity index (χ3v) is 3.66. The second-order valence-corrected chi connectivity index (χ2v) is 5.17. The van der Waals surface area contributed by atoms with Crippen LogP contribution in [-0.4, -0.2) is 14.4 Å². The van der Waals surface area contributed by atoms with Crippen molar-refractivity contribution in [2.45, 2.75) is 6.92 Å². The molecule has 0 saturated carbocycles. The van der Waals surface area contributed by atoms with Gasteiger partial charge < -0.3 is 5.73 Å². The molecule has 0 aliphatic rings. The first-order chi connectivity index (χ1) is 10.2. The van der Waals surface area contributed by atoms with Gasteiger partial charge in [0.1, 0.15) is 17.2 Å². The molecule has 4 aromatic rings. The number of pyridine rings is 2. The number of nitrogens with zero attached hydrogens (tertiary/aromatic N) is 3. The quantitative estimate of drug-likeness (QED) is 0.578. The van der Waals surface area contributed by atoms with Gasteiger partial charge in [0.25, 0.3) is 0 Å². The van der Waals surface area contributed by atoms with Crippen LogP contribution < -0.4 is 5.73 Å². The van der Waals surface area contributed by atoms with Crippen molar-refractivity contribution in [3.05, 3.63) is 60.3 Å². The van der Waals surface area contributed by atoms with Crippen molar-refractivity contribution >= 4 is 22.4 Å². The van der Waals surface area contributed by atoms with Crippen LogP contribution in [-0.2, 0) is 0 Å². The fourth-order valence-electron chi connectivity index (χ4n) is 2.55. The van der Waals surface area contributed by atoms with E-state index in [0.717, 1.165) is 33.5 Å². The van der Waals surface area contributed by atoms with E-state index < -0.39 is 0 Å². The van der Waals surface area contributed by atoms with E-state index in [-0.39, 0.29) is 0 Å². The molecule has 0 radical (unpaired) electrons. The summed E-state index contributed by atoms with van der Waals surface area (Å²) in [6, 6.07) is 16.1. The van der Waals surface area contributed by atoms with Gasteiger partial charge in [0.2, 0.25) is 0 Å². The van der Waals surface area contributed by atoms with Gasteiger partial charge in [0.05, 0.1) is 11.2 Å². The van der Waals surface area contributed by atoms with E-state index in [2.05, 4.69) is 9.97 Å². The van der Waals surface area contributed by atoms with Gasteiger partial charge in [-0.25, -0.2) is 9.97 Å². The van der Waals surface area contributed by atoms with Gasteiger partial charge in [-0.15, -0.1) is 0 Å². The lowest BCUT2D eigenvalue weighted by molar-refractivity contribution is 1.18. The number of anilines is 1. The first kappa shape index (κ1) is 11.9. The largest absolute Gasteiger partial charge is 0.383 e. The summed E-state index contributed by atoms with van der Waals surface area (Å²) < 4.78 is 1.89. The second kappa shape index (κ2) is 4.31. The molecule has 4 rings (SSSR count). The first-order valence-corrected chi connectivity index (χ1v) is 6.83. The Hall–Kier alpha value is -2.88. The minimum Gasteiger partial charge on any atom is -0.383 e. The van der Waals surface area contributed by atoms with Crippen LogP contribution in [0.1, 0.15) is 5.56 Å². The maximum Gasteiger partial charge on any atom is 0.139 e. The fourth-order valence-corrected chi connectivity index (χ4v) is 2.55. The zero-order chi connectivity index (χ0) is 14.4. The van der Waals surface area contributed by atoms with Gasteiger partial charge in [0.15, 0.2) is 0 Å². The summed E-state index contributed by atoms with van der Waals surface area (Å²) in [5.41, 5.74) is 10.7. The Morgan fingerprint density at radius 2 is 1.86 bits per heavy atom. The van der Waals surface area contributed by atoms with E-state index in [1.807, 2.05) is 66.1 Å². The van der Waals surface area contributed by atoms with Gasteiger partial charge in [-0.05, 0) is 36.8 Å². The van der Waals surface area contributed by atoms with Crippen molar-refractivity contribution in [2.75, 3.05) is 5.73 Å². The van der Waals surface area contributed by atoms with E-state index in [1.165, 1.54) is 0 Å². The minimum absolute atomic E-state index is 0.618. The number of hydrogen-bond donors (Lipinski definition) is 1. The summed E-state index contributed by atoms with van der Waals surface area (Å²) >= 11 is 0. The van der Waals surface area contributed by atoms with E-state index in [9.17, 15) is 0 Å². The van der Waals surface area contributed by atoms with Crippen LogP contribution in [0.3, 0.4) is 0 Å². The monoisotopic (exact) mass is 274 g/mol.